The number of para-hydroxylation sites is 2. The Hall–Kier alpha value is -1.26. The molecule has 0 radical (unpaired) electrons. The summed E-state index contributed by atoms with van der Waals surface area (Å²) in [5.41, 5.74) is 0.640. The lowest BCUT2D eigenvalue weighted by atomic mass is 10.2. The molecule has 0 aromatic heterocycles. The highest BCUT2D eigenvalue weighted by Crippen LogP contribution is 2.21. The number of aliphatic hydroxyl groups is 1. The van der Waals surface area contributed by atoms with Crippen LogP contribution in [0.15, 0.2) is 24.3 Å². The van der Waals surface area contributed by atoms with Gasteiger partial charge >= 0.3 is 0 Å². The zero-order chi connectivity index (χ0) is 12.5. The van der Waals surface area contributed by atoms with E-state index in [9.17, 15) is 10.2 Å². The number of phenolic OH excluding ortho intramolecular Hbond substituents is 1. The van der Waals surface area contributed by atoms with Crippen LogP contribution in [0.4, 0.5) is 5.69 Å². The summed E-state index contributed by atoms with van der Waals surface area (Å²) < 4.78 is 5.29. The first kappa shape index (κ1) is 13.8. The van der Waals surface area contributed by atoms with Gasteiger partial charge < -0.3 is 20.3 Å². The van der Waals surface area contributed by atoms with Crippen LogP contribution in [0.3, 0.4) is 0 Å². The van der Waals surface area contributed by atoms with E-state index in [1.54, 1.807) is 18.2 Å². The van der Waals surface area contributed by atoms with Crippen molar-refractivity contribution in [2.24, 2.45) is 0 Å². The molecule has 4 heteroatoms. The van der Waals surface area contributed by atoms with Crippen molar-refractivity contribution in [2.45, 2.75) is 25.9 Å². The number of ether oxygens (including phenoxy) is 1. The Morgan fingerprint density at radius 2 is 2.06 bits per heavy atom. The maximum Gasteiger partial charge on any atom is 0.138 e. The predicted octanol–water partition coefficient (Wildman–Crippen LogP) is 1.98. The molecule has 0 heterocycles. The number of hydrogen-bond donors (Lipinski definition) is 3. The zero-order valence-corrected chi connectivity index (χ0v) is 10.2. The van der Waals surface area contributed by atoms with Gasteiger partial charge in [0, 0.05) is 19.8 Å². The van der Waals surface area contributed by atoms with E-state index in [0.717, 1.165) is 13.0 Å². The molecule has 1 rings (SSSR count). The fraction of sp³-hybridized carbons (Fsp3) is 0.538. The molecule has 17 heavy (non-hydrogen) atoms. The molecule has 0 aliphatic heterocycles. The topological polar surface area (TPSA) is 61.7 Å². The smallest absolute Gasteiger partial charge is 0.138 e. The van der Waals surface area contributed by atoms with Crippen LogP contribution in [0.25, 0.3) is 0 Å². The van der Waals surface area contributed by atoms with Gasteiger partial charge in [0.2, 0.25) is 0 Å². The van der Waals surface area contributed by atoms with E-state index in [1.807, 2.05) is 6.07 Å². The Labute approximate surface area is 102 Å². The van der Waals surface area contributed by atoms with Crippen LogP contribution in [0.5, 0.6) is 5.75 Å². The van der Waals surface area contributed by atoms with Crippen molar-refractivity contribution in [3.63, 3.8) is 0 Å². The maximum absolute atomic E-state index is 9.68. The summed E-state index contributed by atoms with van der Waals surface area (Å²) in [6, 6.07) is 6.98. The van der Waals surface area contributed by atoms with E-state index in [4.69, 9.17) is 4.74 Å². The van der Waals surface area contributed by atoms with Crippen molar-refractivity contribution in [1.82, 2.24) is 0 Å². The summed E-state index contributed by atoms with van der Waals surface area (Å²) in [6.07, 6.45) is 1.12. The Bertz CT molecular complexity index is 317. The third-order valence-corrected chi connectivity index (χ3v) is 2.38. The van der Waals surface area contributed by atoms with E-state index in [0.29, 0.717) is 25.3 Å². The molecule has 0 amide bonds. The number of aromatic hydroxyl groups is 1. The van der Waals surface area contributed by atoms with Crippen LogP contribution in [0.1, 0.15) is 19.8 Å². The average molecular weight is 239 g/mol. The molecule has 96 valence electrons. The Morgan fingerprint density at radius 3 is 2.76 bits per heavy atom. The van der Waals surface area contributed by atoms with Crippen molar-refractivity contribution in [2.75, 3.05) is 25.1 Å². The molecule has 0 fully saturated rings. The fourth-order valence-electron chi connectivity index (χ4n) is 1.42. The van der Waals surface area contributed by atoms with Gasteiger partial charge in [-0.15, -0.1) is 0 Å². The lowest BCUT2D eigenvalue weighted by Crippen LogP contribution is -2.21. The highest BCUT2D eigenvalue weighted by Gasteiger charge is 2.05. The second-order valence-electron chi connectivity index (χ2n) is 3.95. The molecule has 1 atom stereocenters. The number of phenols is 1. The molecule has 0 aliphatic rings. The normalized spacial score (nSPS) is 12.4. The summed E-state index contributed by atoms with van der Waals surface area (Å²) in [5, 5.41) is 22.2. The quantitative estimate of drug-likeness (QED) is 0.479. The first-order chi connectivity index (χ1) is 8.24. The highest BCUT2D eigenvalue weighted by atomic mass is 16.5. The molecule has 0 spiro atoms. The van der Waals surface area contributed by atoms with Crippen LogP contribution >= 0.6 is 0 Å². The van der Waals surface area contributed by atoms with Crippen molar-refractivity contribution >= 4 is 5.69 Å². The minimum Gasteiger partial charge on any atom is -0.506 e. The molecule has 1 unspecified atom stereocenters. The van der Waals surface area contributed by atoms with Gasteiger partial charge in [-0.05, 0) is 25.0 Å². The first-order valence-corrected chi connectivity index (χ1v) is 6.01. The van der Waals surface area contributed by atoms with E-state index in [2.05, 4.69) is 12.2 Å². The minimum atomic E-state index is -0.466. The van der Waals surface area contributed by atoms with Gasteiger partial charge in [0.1, 0.15) is 5.75 Å². The molecule has 4 nitrogen and oxygen atoms in total. The van der Waals surface area contributed by atoms with Gasteiger partial charge in [0.25, 0.3) is 0 Å². The number of aliphatic hydroxyl groups excluding tert-OH is 1. The van der Waals surface area contributed by atoms with E-state index >= 15 is 0 Å². The van der Waals surface area contributed by atoms with E-state index < -0.39 is 6.10 Å². The fourth-order valence-corrected chi connectivity index (χ4v) is 1.42. The number of hydrogen-bond acceptors (Lipinski definition) is 4. The van der Waals surface area contributed by atoms with Crippen LogP contribution < -0.4 is 5.32 Å². The Balaban J connectivity index is 2.19. The summed E-state index contributed by atoms with van der Waals surface area (Å²) in [5.74, 6) is 0.196. The molecule has 0 saturated carbocycles. The molecule has 0 saturated heterocycles. The molecule has 3 N–H and O–H groups in total. The summed E-state index contributed by atoms with van der Waals surface area (Å²) in [7, 11) is 0. The molecular formula is C13H21NO3. The molecule has 0 aliphatic carbocycles. The molecule has 1 aromatic carbocycles. The van der Waals surface area contributed by atoms with Crippen molar-refractivity contribution < 1.29 is 14.9 Å². The lowest BCUT2D eigenvalue weighted by molar-refractivity contribution is 0.0873. The van der Waals surface area contributed by atoms with Crippen LogP contribution in [0, 0.1) is 0 Å². The maximum atomic E-state index is 9.68. The number of benzene rings is 1. The number of anilines is 1. The van der Waals surface area contributed by atoms with E-state index in [-0.39, 0.29) is 5.75 Å². The van der Waals surface area contributed by atoms with Gasteiger partial charge in [0.15, 0.2) is 0 Å². The van der Waals surface area contributed by atoms with E-state index in [1.165, 1.54) is 0 Å². The second-order valence-corrected chi connectivity index (χ2v) is 3.95. The molecule has 1 aromatic rings. The third-order valence-electron chi connectivity index (χ3n) is 2.38. The number of nitrogens with one attached hydrogen (secondary N) is 1. The SMILES string of the molecule is CCCOCCC(O)CNc1ccccc1O. The van der Waals surface area contributed by atoms with Crippen molar-refractivity contribution in [1.29, 1.82) is 0 Å². The lowest BCUT2D eigenvalue weighted by Gasteiger charge is -2.13. The highest BCUT2D eigenvalue weighted by molar-refractivity contribution is 5.55. The third kappa shape index (κ3) is 5.56. The second kappa shape index (κ2) is 7.92. The van der Waals surface area contributed by atoms with Gasteiger partial charge in [-0.2, -0.15) is 0 Å². The standard InChI is InChI=1S/C13H21NO3/c1-2-8-17-9-7-11(15)10-14-12-5-3-4-6-13(12)16/h3-6,11,14-16H,2,7-10H2,1H3. The monoisotopic (exact) mass is 239 g/mol. The molecule has 0 bridgehead atoms. The Morgan fingerprint density at radius 1 is 1.29 bits per heavy atom. The number of rotatable bonds is 8. The molecular weight excluding hydrogens is 218 g/mol. The van der Waals surface area contributed by atoms with Gasteiger partial charge in [-0.25, -0.2) is 0 Å². The zero-order valence-electron chi connectivity index (χ0n) is 10.2. The summed E-state index contributed by atoms with van der Waals surface area (Å²) in [6.45, 7) is 3.76. The average Bonchev–Trinajstić information content (AvgIpc) is 2.34. The van der Waals surface area contributed by atoms with Gasteiger partial charge in [-0.3, -0.25) is 0 Å². The first-order valence-electron chi connectivity index (χ1n) is 6.01. The van der Waals surface area contributed by atoms with Crippen LogP contribution in [-0.4, -0.2) is 36.1 Å². The Kier molecular flexibility index (Phi) is 6.43. The van der Waals surface area contributed by atoms with Crippen molar-refractivity contribution in [3.8, 4) is 5.75 Å². The predicted molar refractivity (Wildman–Crippen MR) is 68.3 cm³/mol. The summed E-state index contributed by atoms with van der Waals surface area (Å²) in [4.78, 5) is 0. The van der Waals surface area contributed by atoms with Crippen LogP contribution in [-0.2, 0) is 4.74 Å². The largest absolute Gasteiger partial charge is 0.506 e. The summed E-state index contributed by atoms with van der Waals surface area (Å²) >= 11 is 0. The minimum absolute atomic E-state index is 0.196. The van der Waals surface area contributed by atoms with Crippen molar-refractivity contribution in [3.05, 3.63) is 24.3 Å². The van der Waals surface area contributed by atoms with Gasteiger partial charge in [0.05, 0.1) is 11.8 Å². The van der Waals surface area contributed by atoms with Crippen LogP contribution in [0.2, 0.25) is 0 Å². The van der Waals surface area contributed by atoms with Gasteiger partial charge in [-0.1, -0.05) is 19.1 Å².